The van der Waals surface area contributed by atoms with E-state index in [9.17, 15) is 32.9 Å². The minimum atomic E-state index is -4.47. The third kappa shape index (κ3) is 5.44. The predicted octanol–water partition coefficient (Wildman–Crippen LogP) is 3.86. The number of hydrogen-bond donors (Lipinski definition) is 1. The van der Waals surface area contributed by atoms with Gasteiger partial charge in [0.05, 0.1) is 23.0 Å². The fraction of sp³-hybridized carbons (Fsp3) is 0.412. The Hall–Kier alpha value is -3.11. The van der Waals surface area contributed by atoms with Crippen LogP contribution in [0.4, 0.5) is 23.7 Å². The van der Waals surface area contributed by atoms with Crippen LogP contribution in [-0.2, 0) is 9.53 Å². The van der Waals surface area contributed by atoms with E-state index >= 15 is 0 Å². The lowest BCUT2D eigenvalue weighted by molar-refractivity contribution is -0.384. The molecule has 1 amide bonds. The van der Waals surface area contributed by atoms with Crippen LogP contribution in [-0.4, -0.2) is 29.8 Å². The highest BCUT2D eigenvalue weighted by Crippen LogP contribution is 2.39. The molecule has 0 saturated heterocycles. The summed E-state index contributed by atoms with van der Waals surface area (Å²) in [6.45, 7) is 1.48. The van der Waals surface area contributed by atoms with Crippen molar-refractivity contribution < 1.29 is 37.2 Å². The molecule has 11 heteroatoms. The van der Waals surface area contributed by atoms with Gasteiger partial charge in [-0.05, 0) is 38.3 Å². The molecule has 0 fully saturated rings. The van der Waals surface area contributed by atoms with Gasteiger partial charge in [0.2, 0.25) is 0 Å². The van der Waals surface area contributed by atoms with Crippen LogP contribution in [0, 0.1) is 16.0 Å². The molecule has 1 aliphatic carbocycles. The summed E-state index contributed by atoms with van der Waals surface area (Å²) in [6.07, 6.45) is -6.58. The van der Waals surface area contributed by atoms with Crippen molar-refractivity contribution in [3.05, 3.63) is 45.6 Å². The Labute approximate surface area is 157 Å². The number of esters is 1. The molecule has 8 nitrogen and oxygen atoms in total. The predicted molar refractivity (Wildman–Crippen MR) is 89.3 cm³/mol. The van der Waals surface area contributed by atoms with Crippen molar-refractivity contribution in [3.8, 4) is 5.75 Å². The van der Waals surface area contributed by atoms with Gasteiger partial charge in [-0.15, -0.1) is 0 Å². The Morgan fingerprint density at radius 2 is 1.93 bits per heavy atom. The van der Waals surface area contributed by atoms with Gasteiger partial charge in [-0.1, -0.05) is 0 Å². The van der Waals surface area contributed by atoms with Gasteiger partial charge >= 0.3 is 18.2 Å². The highest BCUT2D eigenvalue weighted by molar-refractivity contribution is 5.90. The highest BCUT2D eigenvalue weighted by Gasteiger charge is 2.43. The first-order valence-electron chi connectivity index (χ1n) is 8.31. The maximum absolute atomic E-state index is 13.0. The van der Waals surface area contributed by atoms with Gasteiger partial charge in [0, 0.05) is 17.8 Å². The number of benzene rings is 1. The number of carbonyl (C=O) groups excluding carboxylic acids is 2. The summed E-state index contributed by atoms with van der Waals surface area (Å²) in [5.74, 6) is -2.64. The summed E-state index contributed by atoms with van der Waals surface area (Å²) in [6, 6.07) is 4.64. The van der Waals surface area contributed by atoms with Gasteiger partial charge in [-0.25, -0.2) is 9.59 Å². The molecule has 2 rings (SSSR count). The number of nitrogens with zero attached hydrogens (tertiary/aromatic N) is 1. The number of non-ortho nitro benzene ring substituents is 1. The van der Waals surface area contributed by atoms with E-state index in [0.29, 0.717) is 0 Å². The number of nitro groups is 1. The molecule has 1 atom stereocenters. The molecule has 1 aromatic carbocycles. The molecule has 0 aromatic heterocycles. The summed E-state index contributed by atoms with van der Waals surface area (Å²) in [4.78, 5) is 34.0. The topological polar surface area (TPSA) is 108 Å². The second kappa shape index (κ2) is 8.72. The molecule has 1 aromatic rings. The lowest BCUT2D eigenvalue weighted by Crippen LogP contribution is -2.35. The average molecular weight is 402 g/mol. The van der Waals surface area contributed by atoms with Crippen LogP contribution in [0.1, 0.15) is 26.2 Å². The van der Waals surface area contributed by atoms with E-state index in [1.165, 1.54) is 19.1 Å². The van der Waals surface area contributed by atoms with Crippen LogP contribution >= 0.6 is 0 Å². The first-order chi connectivity index (χ1) is 13.1. The van der Waals surface area contributed by atoms with Gasteiger partial charge in [0.25, 0.3) is 5.69 Å². The number of carbonyl (C=O) groups is 2. The molecule has 0 radical (unpaired) electrons. The third-order valence-electron chi connectivity index (χ3n) is 4.05. The molecule has 0 aliphatic heterocycles. The van der Waals surface area contributed by atoms with Crippen LogP contribution in [0.3, 0.4) is 0 Å². The number of nitro benzene ring substituents is 1. The second-order valence-electron chi connectivity index (χ2n) is 5.92. The number of rotatable bonds is 5. The first kappa shape index (κ1) is 21.2. The molecule has 152 valence electrons. The lowest BCUT2D eigenvalue weighted by Gasteiger charge is -2.27. The molecule has 0 spiro atoms. The zero-order valence-electron chi connectivity index (χ0n) is 14.7. The van der Waals surface area contributed by atoms with Crippen LogP contribution in [0.25, 0.3) is 0 Å². The van der Waals surface area contributed by atoms with Crippen LogP contribution in [0.5, 0.6) is 5.75 Å². The molecular formula is C17H17F3N2O6. The Balaban J connectivity index is 2.14. The van der Waals surface area contributed by atoms with Crippen molar-refractivity contribution in [3.63, 3.8) is 0 Å². The number of nitrogens with one attached hydrogen (secondary N) is 1. The maximum atomic E-state index is 13.0. The number of halogens is 3. The molecule has 1 aliphatic rings. The monoisotopic (exact) mass is 402 g/mol. The normalized spacial score (nSPS) is 17.1. The van der Waals surface area contributed by atoms with Gasteiger partial charge in [0.15, 0.2) is 0 Å². The van der Waals surface area contributed by atoms with E-state index in [0.717, 1.165) is 12.1 Å². The second-order valence-corrected chi connectivity index (χ2v) is 5.92. The fourth-order valence-corrected chi connectivity index (χ4v) is 2.67. The number of hydrogen-bond acceptors (Lipinski definition) is 6. The standard InChI is InChI=1S/C17H17F3N2O6/c1-2-27-15(23)13-9-10(17(18,19)20)3-8-14(13)21-16(24)28-12-6-4-11(5-7-12)22(25)26/h4-7,10H,2-3,8-9H2,1H3,(H,21,24). The summed E-state index contributed by atoms with van der Waals surface area (Å²) >= 11 is 0. The van der Waals surface area contributed by atoms with E-state index in [4.69, 9.17) is 9.47 Å². The minimum absolute atomic E-state index is 0.00543. The quantitative estimate of drug-likeness (QED) is 0.455. The van der Waals surface area contributed by atoms with Crippen molar-refractivity contribution in [1.29, 1.82) is 0 Å². The SMILES string of the molecule is CCOC(=O)C1=C(NC(=O)Oc2ccc([N+](=O)[O-])cc2)CCC(C(F)(F)F)C1. The van der Waals surface area contributed by atoms with Gasteiger partial charge < -0.3 is 9.47 Å². The molecule has 0 saturated carbocycles. The van der Waals surface area contributed by atoms with Crippen molar-refractivity contribution in [2.45, 2.75) is 32.4 Å². The van der Waals surface area contributed by atoms with E-state index < -0.39 is 35.5 Å². The van der Waals surface area contributed by atoms with Crippen molar-refractivity contribution >= 4 is 17.7 Å². The van der Waals surface area contributed by atoms with E-state index in [2.05, 4.69) is 5.32 Å². The Bertz CT molecular complexity index is 789. The Morgan fingerprint density at radius 1 is 1.29 bits per heavy atom. The Morgan fingerprint density at radius 3 is 2.46 bits per heavy atom. The molecule has 0 heterocycles. The number of amides is 1. The van der Waals surface area contributed by atoms with E-state index in [1.54, 1.807) is 0 Å². The van der Waals surface area contributed by atoms with Crippen LogP contribution in [0.2, 0.25) is 0 Å². The maximum Gasteiger partial charge on any atom is 0.416 e. The van der Waals surface area contributed by atoms with E-state index in [1.807, 2.05) is 0 Å². The van der Waals surface area contributed by atoms with Crippen molar-refractivity contribution in [1.82, 2.24) is 5.32 Å². The summed E-state index contributed by atoms with van der Waals surface area (Å²) in [5, 5.41) is 12.9. The molecule has 1 unspecified atom stereocenters. The summed E-state index contributed by atoms with van der Waals surface area (Å²) < 4.78 is 48.7. The fourth-order valence-electron chi connectivity index (χ4n) is 2.67. The summed E-state index contributed by atoms with van der Waals surface area (Å²) in [7, 11) is 0. The summed E-state index contributed by atoms with van der Waals surface area (Å²) in [5.41, 5.74) is -0.451. The van der Waals surface area contributed by atoms with Crippen LogP contribution < -0.4 is 10.1 Å². The number of alkyl halides is 3. The highest BCUT2D eigenvalue weighted by atomic mass is 19.4. The van der Waals surface area contributed by atoms with Gasteiger partial charge in [-0.3, -0.25) is 15.4 Å². The zero-order valence-corrected chi connectivity index (χ0v) is 14.7. The van der Waals surface area contributed by atoms with Gasteiger partial charge in [-0.2, -0.15) is 13.2 Å². The number of ether oxygens (including phenoxy) is 2. The average Bonchev–Trinajstić information content (AvgIpc) is 2.61. The zero-order chi connectivity index (χ0) is 20.9. The van der Waals surface area contributed by atoms with Crippen molar-refractivity contribution in [2.24, 2.45) is 5.92 Å². The minimum Gasteiger partial charge on any atom is -0.463 e. The van der Waals surface area contributed by atoms with Gasteiger partial charge in [0.1, 0.15) is 5.75 Å². The van der Waals surface area contributed by atoms with Crippen molar-refractivity contribution in [2.75, 3.05) is 6.61 Å². The lowest BCUT2D eigenvalue weighted by atomic mass is 9.86. The molecular weight excluding hydrogens is 385 g/mol. The third-order valence-corrected chi connectivity index (χ3v) is 4.05. The van der Waals surface area contributed by atoms with E-state index in [-0.39, 0.29) is 42.2 Å². The Kier molecular flexibility index (Phi) is 6.60. The number of allylic oxidation sites excluding steroid dienone is 1. The molecule has 0 bridgehead atoms. The van der Waals surface area contributed by atoms with Crippen LogP contribution in [0.15, 0.2) is 35.5 Å². The smallest absolute Gasteiger partial charge is 0.416 e. The molecule has 28 heavy (non-hydrogen) atoms. The first-order valence-corrected chi connectivity index (χ1v) is 8.31. The molecule has 1 N–H and O–H groups in total. The largest absolute Gasteiger partial charge is 0.463 e.